The number of anilines is 1. The van der Waals surface area contributed by atoms with Crippen molar-refractivity contribution in [2.45, 2.75) is 33.9 Å². The van der Waals surface area contributed by atoms with Crippen LogP contribution in [0.2, 0.25) is 0 Å². The number of piperazine rings is 1. The molecule has 3 aromatic rings. The Bertz CT molecular complexity index is 1070. The number of fused-ring (bicyclic) bond motifs is 1. The molecule has 0 N–H and O–H groups in total. The first kappa shape index (κ1) is 20.2. The lowest BCUT2D eigenvalue weighted by atomic mass is 9.97. The maximum Gasteiger partial charge on any atom is 0.234 e. The van der Waals surface area contributed by atoms with Crippen molar-refractivity contribution in [2.24, 2.45) is 5.41 Å². The molecule has 0 aliphatic carbocycles. The Balaban J connectivity index is 1.53. The van der Waals surface area contributed by atoms with Crippen molar-refractivity contribution < 1.29 is 4.39 Å². The van der Waals surface area contributed by atoms with Gasteiger partial charge < -0.3 is 9.47 Å². The highest BCUT2D eigenvalue weighted by Crippen LogP contribution is 2.26. The maximum absolute atomic E-state index is 13.1. The van der Waals surface area contributed by atoms with Gasteiger partial charge in [0.2, 0.25) is 11.8 Å². The van der Waals surface area contributed by atoms with Crippen molar-refractivity contribution in [1.82, 2.24) is 24.4 Å². The van der Waals surface area contributed by atoms with Crippen LogP contribution in [0.5, 0.6) is 0 Å². The van der Waals surface area contributed by atoms with E-state index in [0.717, 1.165) is 56.0 Å². The lowest BCUT2D eigenvalue weighted by Gasteiger charge is -2.36. The van der Waals surface area contributed by atoms with Crippen LogP contribution < -0.4 is 4.90 Å². The number of halogens is 1. The van der Waals surface area contributed by atoms with Gasteiger partial charge in [0.05, 0.1) is 11.9 Å². The van der Waals surface area contributed by atoms with E-state index in [9.17, 15) is 9.65 Å². The van der Waals surface area contributed by atoms with Gasteiger partial charge in [-0.25, -0.2) is 15.0 Å². The second-order valence-corrected chi connectivity index (χ2v) is 8.97. The Kier molecular flexibility index (Phi) is 5.39. The molecule has 7 nitrogen and oxygen atoms in total. The predicted octanol–water partition coefficient (Wildman–Crippen LogP) is 3.21. The van der Waals surface area contributed by atoms with Crippen molar-refractivity contribution in [3.63, 3.8) is 0 Å². The fourth-order valence-electron chi connectivity index (χ4n) is 3.88. The molecule has 0 spiro atoms. The number of hydrogen-bond acceptors (Lipinski definition) is 6. The van der Waals surface area contributed by atoms with E-state index in [0.29, 0.717) is 0 Å². The average Bonchev–Trinajstić information content (AvgIpc) is 3.04. The van der Waals surface area contributed by atoms with Crippen LogP contribution in [-0.2, 0) is 13.1 Å². The quantitative estimate of drug-likeness (QED) is 0.619. The molecule has 1 aliphatic rings. The van der Waals surface area contributed by atoms with Crippen LogP contribution in [0.15, 0.2) is 30.6 Å². The zero-order valence-corrected chi connectivity index (χ0v) is 17.6. The third-order valence-electron chi connectivity index (χ3n) is 5.29. The molecular weight excluding hydrogens is 381 g/mol. The summed E-state index contributed by atoms with van der Waals surface area (Å²) in [6.45, 7) is 11.8. The normalized spacial score (nSPS) is 15.5. The van der Waals surface area contributed by atoms with E-state index in [1.807, 2.05) is 6.07 Å². The highest BCUT2D eigenvalue weighted by molar-refractivity contribution is 5.77. The monoisotopic (exact) mass is 407 g/mol. The lowest BCUT2D eigenvalue weighted by molar-refractivity contribution is 0.239. The summed E-state index contributed by atoms with van der Waals surface area (Å²) in [4.78, 5) is 17.0. The largest absolute Gasteiger partial charge is 0.368 e. The van der Waals surface area contributed by atoms with Crippen LogP contribution in [-0.4, -0.2) is 50.6 Å². The number of nitrogens with zero attached hydrogens (tertiary/aromatic N) is 7. The van der Waals surface area contributed by atoms with Gasteiger partial charge in [-0.2, -0.15) is 9.65 Å². The van der Waals surface area contributed by atoms with Gasteiger partial charge in [-0.3, -0.25) is 4.90 Å². The Labute approximate surface area is 175 Å². The number of rotatable bonds is 4. The summed E-state index contributed by atoms with van der Waals surface area (Å²) in [6.07, 6.45) is 3.33. The summed E-state index contributed by atoms with van der Waals surface area (Å²) in [7, 11) is 0. The molecule has 0 atom stereocenters. The lowest BCUT2D eigenvalue weighted by Crippen LogP contribution is -2.46. The first-order chi connectivity index (χ1) is 14.3. The third kappa shape index (κ3) is 4.41. The van der Waals surface area contributed by atoms with Crippen molar-refractivity contribution in [3.05, 3.63) is 48.1 Å². The molecule has 8 heteroatoms. The van der Waals surface area contributed by atoms with E-state index < -0.39 is 5.95 Å². The zero-order valence-electron chi connectivity index (χ0n) is 17.6. The fraction of sp³-hybridized carbons (Fsp3) is 0.455. The Morgan fingerprint density at radius 2 is 1.87 bits per heavy atom. The third-order valence-corrected chi connectivity index (χ3v) is 5.29. The SMILES string of the molecule is CC(C)(C)Cn1c(CN2CCN(c3ccc(F)nc3)CC2)cc2cnc(C#N)nc21. The molecule has 1 aliphatic heterocycles. The topological polar surface area (TPSA) is 73.9 Å². The summed E-state index contributed by atoms with van der Waals surface area (Å²) < 4.78 is 15.3. The summed E-state index contributed by atoms with van der Waals surface area (Å²) in [5.41, 5.74) is 3.04. The van der Waals surface area contributed by atoms with Crippen LogP contribution >= 0.6 is 0 Å². The van der Waals surface area contributed by atoms with E-state index in [1.54, 1.807) is 18.5 Å². The standard InChI is InChI=1S/C22H26FN7/c1-22(2,3)15-30-18(10-16-12-26-20(11-24)27-21(16)30)14-28-6-8-29(9-7-28)17-4-5-19(23)25-13-17/h4-5,10,12-13H,6-9,14-15H2,1-3H3. The molecule has 0 radical (unpaired) electrons. The second-order valence-electron chi connectivity index (χ2n) is 8.97. The average molecular weight is 407 g/mol. The van der Waals surface area contributed by atoms with Gasteiger partial charge in [0.15, 0.2) is 0 Å². The van der Waals surface area contributed by atoms with Gasteiger partial charge in [0.1, 0.15) is 11.7 Å². The summed E-state index contributed by atoms with van der Waals surface area (Å²) in [5.74, 6) is -0.254. The molecule has 1 saturated heterocycles. The van der Waals surface area contributed by atoms with Crippen LogP contribution in [0.4, 0.5) is 10.1 Å². The second kappa shape index (κ2) is 8.00. The zero-order chi connectivity index (χ0) is 21.3. The molecule has 30 heavy (non-hydrogen) atoms. The van der Waals surface area contributed by atoms with Gasteiger partial charge in [0, 0.05) is 56.5 Å². The van der Waals surface area contributed by atoms with Crippen LogP contribution in [0.1, 0.15) is 32.3 Å². The minimum Gasteiger partial charge on any atom is -0.368 e. The van der Waals surface area contributed by atoms with Crippen molar-refractivity contribution in [2.75, 3.05) is 31.1 Å². The van der Waals surface area contributed by atoms with E-state index in [1.165, 1.54) is 11.8 Å². The van der Waals surface area contributed by atoms with Gasteiger partial charge in [0.25, 0.3) is 0 Å². The first-order valence-electron chi connectivity index (χ1n) is 10.2. The van der Waals surface area contributed by atoms with E-state index in [-0.39, 0.29) is 11.2 Å². The van der Waals surface area contributed by atoms with E-state index in [4.69, 9.17) is 0 Å². The maximum atomic E-state index is 13.1. The molecule has 4 heterocycles. The minimum atomic E-state index is -0.452. The van der Waals surface area contributed by atoms with E-state index >= 15 is 0 Å². The summed E-state index contributed by atoms with van der Waals surface area (Å²) >= 11 is 0. The van der Waals surface area contributed by atoms with Gasteiger partial charge in [-0.05, 0) is 23.6 Å². The van der Waals surface area contributed by atoms with Crippen LogP contribution in [0, 0.1) is 22.7 Å². The van der Waals surface area contributed by atoms with Crippen LogP contribution in [0.3, 0.4) is 0 Å². The first-order valence-corrected chi connectivity index (χ1v) is 10.2. The number of hydrogen-bond donors (Lipinski definition) is 0. The Morgan fingerprint density at radius 1 is 1.10 bits per heavy atom. The predicted molar refractivity (Wildman–Crippen MR) is 113 cm³/mol. The highest BCUT2D eigenvalue weighted by atomic mass is 19.1. The molecule has 0 unspecified atom stereocenters. The van der Waals surface area contributed by atoms with Gasteiger partial charge in [-0.1, -0.05) is 20.8 Å². The van der Waals surface area contributed by atoms with E-state index in [2.05, 4.69) is 56.2 Å². The molecule has 4 rings (SSSR count). The van der Waals surface area contributed by atoms with Crippen LogP contribution in [0.25, 0.3) is 11.0 Å². The van der Waals surface area contributed by atoms with Gasteiger partial charge in [-0.15, -0.1) is 0 Å². The Hall–Kier alpha value is -3.05. The van der Waals surface area contributed by atoms with Crippen molar-refractivity contribution in [3.8, 4) is 6.07 Å². The summed E-state index contributed by atoms with van der Waals surface area (Å²) in [5, 5.41) is 10.2. The smallest absolute Gasteiger partial charge is 0.234 e. The highest BCUT2D eigenvalue weighted by Gasteiger charge is 2.22. The van der Waals surface area contributed by atoms with Crippen molar-refractivity contribution >= 4 is 16.7 Å². The Morgan fingerprint density at radius 3 is 2.50 bits per heavy atom. The molecule has 0 aromatic carbocycles. The molecular formula is C22H26FN7. The molecule has 0 bridgehead atoms. The molecule has 156 valence electrons. The summed E-state index contributed by atoms with van der Waals surface area (Å²) in [6, 6.07) is 7.37. The fourth-order valence-corrected chi connectivity index (χ4v) is 3.88. The molecule has 3 aromatic heterocycles. The molecule has 1 fully saturated rings. The molecule has 0 saturated carbocycles. The van der Waals surface area contributed by atoms with Crippen molar-refractivity contribution in [1.29, 1.82) is 5.26 Å². The van der Waals surface area contributed by atoms with Gasteiger partial charge >= 0.3 is 0 Å². The molecule has 0 amide bonds. The number of pyridine rings is 1. The number of aromatic nitrogens is 4. The minimum absolute atomic E-state index is 0.0761. The number of nitriles is 1.